The SMILES string of the molecule is CCc1ccc(C(=O)N(CC)c2ccc(F)cc2)cc1S(=O)(=O)N1CCOCC1. The highest BCUT2D eigenvalue weighted by molar-refractivity contribution is 7.89. The van der Waals surface area contributed by atoms with E-state index >= 15 is 0 Å². The van der Waals surface area contributed by atoms with Gasteiger partial charge in [-0.25, -0.2) is 12.8 Å². The van der Waals surface area contributed by atoms with Crippen molar-refractivity contribution in [2.45, 2.75) is 25.2 Å². The number of amides is 1. The van der Waals surface area contributed by atoms with E-state index in [9.17, 15) is 17.6 Å². The second kappa shape index (κ2) is 9.02. The summed E-state index contributed by atoms with van der Waals surface area (Å²) in [4.78, 5) is 14.8. The van der Waals surface area contributed by atoms with Crippen molar-refractivity contribution in [1.29, 1.82) is 0 Å². The molecular weight excluding hydrogens is 395 g/mol. The number of aryl methyl sites for hydroxylation is 1. The van der Waals surface area contributed by atoms with E-state index in [4.69, 9.17) is 4.74 Å². The Morgan fingerprint density at radius 3 is 2.34 bits per heavy atom. The van der Waals surface area contributed by atoms with Crippen LogP contribution in [0.3, 0.4) is 0 Å². The molecule has 6 nitrogen and oxygen atoms in total. The van der Waals surface area contributed by atoms with Crippen LogP contribution in [0.15, 0.2) is 47.4 Å². The molecule has 1 aliphatic heterocycles. The molecule has 1 aliphatic rings. The lowest BCUT2D eigenvalue weighted by molar-refractivity contribution is 0.0730. The number of rotatable bonds is 6. The van der Waals surface area contributed by atoms with Crippen LogP contribution in [0.2, 0.25) is 0 Å². The summed E-state index contributed by atoms with van der Waals surface area (Å²) in [6.07, 6.45) is 0.531. The molecule has 2 aromatic rings. The van der Waals surface area contributed by atoms with E-state index in [0.717, 1.165) is 0 Å². The standard InChI is InChI=1S/C21H25FN2O4S/c1-3-16-5-6-17(15-20(16)29(26,27)23-11-13-28-14-12-23)21(25)24(4-2)19-9-7-18(22)8-10-19/h5-10,15H,3-4,11-14H2,1-2H3. The molecule has 0 atom stereocenters. The number of carbonyl (C=O) groups excluding carboxylic acids is 1. The molecule has 0 unspecified atom stereocenters. The lowest BCUT2D eigenvalue weighted by Crippen LogP contribution is -2.41. The molecule has 0 aromatic heterocycles. The highest BCUT2D eigenvalue weighted by Crippen LogP contribution is 2.25. The number of hydrogen-bond donors (Lipinski definition) is 0. The highest BCUT2D eigenvalue weighted by atomic mass is 32.2. The molecule has 3 rings (SSSR count). The summed E-state index contributed by atoms with van der Waals surface area (Å²) in [6.45, 7) is 5.35. The van der Waals surface area contributed by atoms with Gasteiger partial charge in [0.2, 0.25) is 10.0 Å². The van der Waals surface area contributed by atoms with Crippen molar-refractivity contribution in [2.24, 2.45) is 0 Å². The maximum absolute atomic E-state index is 13.2. The highest BCUT2D eigenvalue weighted by Gasteiger charge is 2.29. The summed E-state index contributed by atoms with van der Waals surface area (Å²) < 4.78 is 46.3. The number of nitrogens with zero attached hydrogens (tertiary/aromatic N) is 2. The normalized spacial score (nSPS) is 15.3. The van der Waals surface area contributed by atoms with Crippen LogP contribution in [-0.4, -0.2) is 51.5 Å². The van der Waals surface area contributed by atoms with E-state index in [1.165, 1.54) is 39.5 Å². The molecule has 1 heterocycles. The van der Waals surface area contributed by atoms with E-state index in [2.05, 4.69) is 0 Å². The molecule has 0 N–H and O–H groups in total. The molecule has 0 radical (unpaired) electrons. The smallest absolute Gasteiger partial charge is 0.258 e. The van der Waals surface area contributed by atoms with Gasteiger partial charge in [0.05, 0.1) is 18.1 Å². The maximum Gasteiger partial charge on any atom is 0.258 e. The third-order valence-electron chi connectivity index (χ3n) is 4.98. The summed E-state index contributed by atoms with van der Waals surface area (Å²) in [5.74, 6) is -0.719. The lowest BCUT2D eigenvalue weighted by atomic mass is 10.1. The predicted molar refractivity (Wildman–Crippen MR) is 109 cm³/mol. The van der Waals surface area contributed by atoms with Gasteiger partial charge in [0.25, 0.3) is 5.91 Å². The van der Waals surface area contributed by atoms with Crippen LogP contribution in [0.5, 0.6) is 0 Å². The van der Waals surface area contributed by atoms with Gasteiger partial charge in [0.15, 0.2) is 0 Å². The van der Waals surface area contributed by atoms with E-state index in [0.29, 0.717) is 50.5 Å². The molecule has 29 heavy (non-hydrogen) atoms. The second-order valence-electron chi connectivity index (χ2n) is 6.72. The Morgan fingerprint density at radius 2 is 1.76 bits per heavy atom. The average Bonchev–Trinajstić information content (AvgIpc) is 2.75. The topological polar surface area (TPSA) is 66.9 Å². The van der Waals surface area contributed by atoms with Gasteiger partial charge in [-0.3, -0.25) is 4.79 Å². The van der Waals surface area contributed by atoms with Gasteiger partial charge in [-0.2, -0.15) is 4.31 Å². The summed E-state index contributed by atoms with van der Waals surface area (Å²) in [6, 6.07) is 10.4. The van der Waals surface area contributed by atoms with Crippen LogP contribution in [0, 0.1) is 5.82 Å². The number of anilines is 1. The molecule has 0 bridgehead atoms. The van der Waals surface area contributed by atoms with Crippen LogP contribution in [0.25, 0.3) is 0 Å². The molecule has 1 fully saturated rings. The van der Waals surface area contributed by atoms with Crippen LogP contribution >= 0.6 is 0 Å². The number of ether oxygens (including phenoxy) is 1. The zero-order valence-electron chi connectivity index (χ0n) is 16.6. The number of carbonyl (C=O) groups is 1. The number of halogens is 1. The van der Waals surface area contributed by atoms with E-state index < -0.39 is 10.0 Å². The summed E-state index contributed by atoms with van der Waals surface area (Å²) in [7, 11) is -3.73. The van der Waals surface area contributed by atoms with Crippen LogP contribution < -0.4 is 4.90 Å². The Balaban J connectivity index is 1.99. The first kappa shape index (κ1) is 21.4. The molecular formula is C21H25FN2O4S. The van der Waals surface area contributed by atoms with Gasteiger partial charge < -0.3 is 9.64 Å². The van der Waals surface area contributed by atoms with Crippen LogP contribution in [-0.2, 0) is 21.2 Å². The fraction of sp³-hybridized carbons (Fsp3) is 0.381. The molecule has 156 valence electrons. The lowest BCUT2D eigenvalue weighted by Gasteiger charge is -2.27. The Morgan fingerprint density at radius 1 is 1.10 bits per heavy atom. The molecule has 1 saturated heterocycles. The fourth-order valence-corrected chi connectivity index (χ4v) is 5.09. The minimum Gasteiger partial charge on any atom is -0.379 e. The summed E-state index contributed by atoms with van der Waals surface area (Å²) in [5, 5.41) is 0. The zero-order chi connectivity index (χ0) is 21.0. The predicted octanol–water partition coefficient (Wildman–Crippen LogP) is 3.08. The Bertz CT molecular complexity index is 971. The first-order valence-electron chi connectivity index (χ1n) is 9.66. The summed E-state index contributed by atoms with van der Waals surface area (Å²) in [5.41, 5.74) is 1.49. The van der Waals surface area contributed by atoms with Gasteiger partial charge in [-0.05, 0) is 55.3 Å². The van der Waals surface area contributed by atoms with Crippen molar-refractivity contribution >= 4 is 21.6 Å². The van der Waals surface area contributed by atoms with E-state index in [-0.39, 0.29) is 22.2 Å². The van der Waals surface area contributed by atoms with Gasteiger partial charge in [-0.15, -0.1) is 0 Å². The largest absolute Gasteiger partial charge is 0.379 e. The third-order valence-corrected chi connectivity index (χ3v) is 6.96. The molecule has 1 amide bonds. The van der Waals surface area contributed by atoms with Gasteiger partial charge in [-0.1, -0.05) is 13.0 Å². The van der Waals surface area contributed by atoms with E-state index in [1.807, 2.05) is 13.8 Å². The first-order valence-corrected chi connectivity index (χ1v) is 11.1. The summed E-state index contributed by atoms with van der Waals surface area (Å²) >= 11 is 0. The van der Waals surface area contributed by atoms with Crippen molar-refractivity contribution < 1.29 is 22.3 Å². The quantitative estimate of drug-likeness (QED) is 0.720. The minimum absolute atomic E-state index is 0.155. The van der Waals surface area contributed by atoms with Gasteiger partial charge in [0, 0.05) is 30.9 Å². The Labute approximate surface area is 170 Å². The maximum atomic E-state index is 13.2. The van der Waals surface area contributed by atoms with Crippen LogP contribution in [0.1, 0.15) is 29.8 Å². The number of hydrogen-bond acceptors (Lipinski definition) is 4. The third kappa shape index (κ3) is 4.49. The molecule has 2 aromatic carbocycles. The van der Waals surface area contributed by atoms with Crippen molar-refractivity contribution in [1.82, 2.24) is 4.31 Å². The van der Waals surface area contributed by atoms with Crippen molar-refractivity contribution in [2.75, 3.05) is 37.7 Å². The molecule has 0 aliphatic carbocycles. The van der Waals surface area contributed by atoms with Crippen molar-refractivity contribution in [3.05, 3.63) is 59.4 Å². The van der Waals surface area contributed by atoms with E-state index in [1.54, 1.807) is 12.1 Å². The Kier molecular flexibility index (Phi) is 6.66. The first-order chi connectivity index (χ1) is 13.9. The molecule has 0 spiro atoms. The minimum atomic E-state index is -3.73. The monoisotopic (exact) mass is 420 g/mol. The van der Waals surface area contributed by atoms with Crippen LogP contribution in [0.4, 0.5) is 10.1 Å². The fourth-order valence-electron chi connectivity index (χ4n) is 3.37. The number of benzene rings is 2. The van der Waals surface area contributed by atoms with Gasteiger partial charge >= 0.3 is 0 Å². The molecule has 0 saturated carbocycles. The number of morpholine rings is 1. The Hall–Kier alpha value is -2.29. The van der Waals surface area contributed by atoms with Crippen molar-refractivity contribution in [3.63, 3.8) is 0 Å². The average molecular weight is 421 g/mol. The zero-order valence-corrected chi connectivity index (χ0v) is 17.4. The molecule has 8 heteroatoms. The van der Waals surface area contributed by atoms with Crippen molar-refractivity contribution in [3.8, 4) is 0 Å². The van der Waals surface area contributed by atoms with Gasteiger partial charge in [0.1, 0.15) is 5.82 Å². The second-order valence-corrected chi connectivity index (χ2v) is 8.62. The number of sulfonamides is 1.